The molecule has 1 aliphatic rings. The second kappa shape index (κ2) is 4.16. The van der Waals surface area contributed by atoms with E-state index in [4.69, 9.17) is 5.11 Å². The summed E-state index contributed by atoms with van der Waals surface area (Å²) in [4.78, 5) is 11.6. The Morgan fingerprint density at radius 3 is 2.57 bits per heavy atom. The number of rotatable bonds is 1. The molecule has 0 saturated carbocycles. The molecule has 82 valence electrons. The van der Waals surface area contributed by atoms with Gasteiger partial charge in [-0.25, -0.2) is 0 Å². The third-order valence-electron chi connectivity index (χ3n) is 2.34. The molecule has 1 fully saturated rings. The highest BCUT2D eigenvalue weighted by molar-refractivity contribution is 5.82. The molecule has 1 saturated heterocycles. The second-order valence-electron chi connectivity index (χ2n) is 3.33. The molecule has 1 unspecified atom stereocenters. The van der Waals surface area contributed by atoms with E-state index in [1.165, 1.54) is 0 Å². The van der Waals surface area contributed by atoms with Crippen molar-refractivity contribution in [1.82, 2.24) is 4.90 Å². The van der Waals surface area contributed by atoms with Gasteiger partial charge in [0.25, 0.3) is 0 Å². The molecule has 0 radical (unpaired) electrons. The van der Waals surface area contributed by atoms with Crippen LogP contribution in [0.25, 0.3) is 0 Å². The highest BCUT2D eigenvalue weighted by atomic mass is 19.4. The summed E-state index contributed by atoms with van der Waals surface area (Å²) in [5.41, 5.74) is 0. The van der Waals surface area contributed by atoms with Crippen LogP contribution in [0.4, 0.5) is 13.2 Å². The summed E-state index contributed by atoms with van der Waals surface area (Å²) in [7, 11) is 0. The van der Waals surface area contributed by atoms with Crippen LogP contribution in [0.3, 0.4) is 0 Å². The fourth-order valence-corrected chi connectivity index (χ4v) is 1.62. The Balaban J connectivity index is 2.69. The SMILES string of the molecule is O=C(N1CCCCC1CO)C(F)(F)F. The summed E-state index contributed by atoms with van der Waals surface area (Å²) in [6.07, 6.45) is -3.06. The van der Waals surface area contributed by atoms with E-state index in [9.17, 15) is 18.0 Å². The predicted octanol–water partition coefficient (Wildman–Crippen LogP) is 0.922. The summed E-state index contributed by atoms with van der Waals surface area (Å²) in [5, 5.41) is 8.81. The largest absolute Gasteiger partial charge is 0.471 e. The van der Waals surface area contributed by atoms with Crippen molar-refractivity contribution in [1.29, 1.82) is 0 Å². The molecule has 0 aromatic carbocycles. The number of aliphatic hydroxyl groups excluding tert-OH is 1. The molecule has 1 heterocycles. The maximum atomic E-state index is 12.1. The first-order valence-electron chi connectivity index (χ1n) is 4.45. The zero-order chi connectivity index (χ0) is 10.8. The van der Waals surface area contributed by atoms with Crippen LogP contribution in [-0.4, -0.2) is 41.3 Å². The third-order valence-corrected chi connectivity index (χ3v) is 2.34. The number of carbonyl (C=O) groups excluding carboxylic acids is 1. The average Bonchev–Trinajstić information content (AvgIpc) is 2.15. The van der Waals surface area contributed by atoms with Crippen molar-refractivity contribution in [2.24, 2.45) is 0 Å². The Kier molecular flexibility index (Phi) is 3.36. The number of aliphatic hydroxyl groups is 1. The summed E-state index contributed by atoms with van der Waals surface area (Å²) in [5.74, 6) is -1.84. The summed E-state index contributed by atoms with van der Waals surface area (Å²) < 4.78 is 36.2. The molecule has 0 aromatic heterocycles. The van der Waals surface area contributed by atoms with Crippen LogP contribution in [0, 0.1) is 0 Å². The molecule has 14 heavy (non-hydrogen) atoms. The highest BCUT2D eigenvalue weighted by Crippen LogP contribution is 2.24. The van der Waals surface area contributed by atoms with Crippen molar-refractivity contribution in [2.75, 3.05) is 13.2 Å². The maximum Gasteiger partial charge on any atom is 0.471 e. The number of carbonyl (C=O) groups is 1. The van der Waals surface area contributed by atoms with E-state index < -0.39 is 24.7 Å². The lowest BCUT2D eigenvalue weighted by Gasteiger charge is -2.34. The van der Waals surface area contributed by atoms with Crippen molar-refractivity contribution in [3.05, 3.63) is 0 Å². The first-order valence-corrected chi connectivity index (χ1v) is 4.45. The minimum atomic E-state index is -4.83. The Morgan fingerprint density at radius 2 is 2.07 bits per heavy atom. The Hall–Kier alpha value is -0.780. The molecule has 1 rings (SSSR count). The first kappa shape index (κ1) is 11.3. The topological polar surface area (TPSA) is 40.5 Å². The summed E-state index contributed by atoms with van der Waals surface area (Å²) in [6.45, 7) is -0.314. The molecule has 3 nitrogen and oxygen atoms in total. The number of hydrogen-bond acceptors (Lipinski definition) is 2. The maximum absolute atomic E-state index is 12.1. The van der Waals surface area contributed by atoms with E-state index in [2.05, 4.69) is 0 Å². The summed E-state index contributed by atoms with van der Waals surface area (Å²) in [6, 6.07) is -0.669. The second-order valence-corrected chi connectivity index (χ2v) is 3.33. The van der Waals surface area contributed by atoms with Gasteiger partial charge in [-0.1, -0.05) is 0 Å². The minimum Gasteiger partial charge on any atom is -0.394 e. The van der Waals surface area contributed by atoms with E-state index in [0.29, 0.717) is 12.8 Å². The zero-order valence-electron chi connectivity index (χ0n) is 7.55. The number of piperidine rings is 1. The van der Waals surface area contributed by atoms with Crippen LogP contribution in [0.15, 0.2) is 0 Å². The lowest BCUT2D eigenvalue weighted by molar-refractivity contribution is -0.189. The van der Waals surface area contributed by atoms with Crippen molar-refractivity contribution in [3.63, 3.8) is 0 Å². The summed E-state index contributed by atoms with van der Waals surface area (Å²) >= 11 is 0. The van der Waals surface area contributed by atoms with Crippen LogP contribution in [0.5, 0.6) is 0 Å². The van der Waals surface area contributed by atoms with Gasteiger partial charge in [-0.05, 0) is 19.3 Å². The molecule has 1 atom stereocenters. The lowest BCUT2D eigenvalue weighted by Crippen LogP contribution is -2.50. The van der Waals surface area contributed by atoms with Crippen LogP contribution in [0.1, 0.15) is 19.3 Å². The van der Waals surface area contributed by atoms with Crippen LogP contribution in [-0.2, 0) is 4.79 Å². The van der Waals surface area contributed by atoms with Gasteiger partial charge >= 0.3 is 12.1 Å². The Bertz CT molecular complexity index is 217. The van der Waals surface area contributed by atoms with Gasteiger partial charge in [0.05, 0.1) is 12.6 Å². The van der Waals surface area contributed by atoms with Crippen molar-refractivity contribution < 1.29 is 23.1 Å². The minimum absolute atomic E-state index is 0.0869. The molecule has 0 spiro atoms. The van der Waals surface area contributed by atoms with E-state index >= 15 is 0 Å². The zero-order valence-corrected chi connectivity index (χ0v) is 7.55. The van der Waals surface area contributed by atoms with Gasteiger partial charge in [0, 0.05) is 6.54 Å². The monoisotopic (exact) mass is 211 g/mol. The van der Waals surface area contributed by atoms with Gasteiger partial charge in [-0.2, -0.15) is 13.2 Å². The number of nitrogens with zero attached hydrogens (tertiary/aromatic N) is 1. The fraction of sp³-hybridized carbons (Fsp3) is 0.875. The van der Waals surface area contributed by atoms with E-state index in [1.807, 2.05) is 0 Å². The normalized spacial score (nSPS) is 23.7. The van der Waals surface area contributed by atoms with Gasteiger partial charge in [0.1, 0.15) is 0 Å². The number of amides is 1. The lowest BCUT2D eigenvalue weighted by atomic mass is 10.0. The number of halogens is 3. The van der Waals surface area contributed by atoms with Gasteiger partial charge in [-0.15, -0.1) is 0 Å². The number of hydrogen-bond donors (Lipinski definition) is 1. The first-order chi connectivity index (χ1) is 6.46. The van der Waals surface area contributed by atoms with Gasteiger partial charge < -0.3 is 10.0 Å². The van der Waals surface area contributed by atoms with Gasteiger partial charge in [-0.3, -0.25) is 4.79 Å². The standard InChI is InChI=1S/C8H12F3NO2/c9-8(10,11)7(14)12-4-2-1-3-6(12)5-13/h6,13H,1-5H2. The molecule has 1 aliphatic heterocycles. The molecular weight excluding hydrogens is 199 g/mol. The smallest absolute Gasteiger partial charge is 0.394 e. The van der Waals surface area contributed by atoms with Crippen molar-refractivity contribution in [3.8, 4) is 0 Å². The van der Waals surface area contributed by atoms with Gasteiger partial charge in [0.15, 0.2) is 0 Å². The third kappa shape index (κ3) is 2.37. The van der Waals surface area contributed by atoms with Crippen molar-refractivity contribution >= 4 is 5.91 Å². The highest BCUT2D eigenvalue weighted by Gasteiger charge is 2.44. The molecule has 1 amide bonds. The van der Waals surface area contributed by atoms with Crippen molar-refractivity contribution in [2.45, 2.75) is 31.5 Å². The Morgan fingerprint density at radius 1 is 1.43 bits per heavy atom. The van der Waals surface area contributed by atoms with E-state index in [-0.39, 0.29) is 6.54 Å². The Labute approximate surface area is 79.5 Å². The quantitative estimate of drug-likeness (QED) is 0.700. The molecule has 6 heteroatoms. The van der Waals surface area contributed by atoms with E-state index in [0.717, 1.165) is 11.3 Å². The number of alkyl halides is 3. The molecular formula is C8H12F3NO2. The van der Waals surface area contributed by atoms with Gasteiger partial charge in [0.2, 0.25) is 0 Å². The molecule has 0 aromatic rings. The van der Waals surface area contributed by atoms with Crippen LogP contribution >= 0.6 is 0 Å². The molecule has 0 aliphatic carbocycles. The average molecular weight is 211 g/mol. The molecule has 1 N–H and O–H groups in total. The predicted molar refractivity (Wildman–Crippen MR) is 42.5 cm³/mol. The van der Waals surface area contributed by atoms with E-state index in [1.54, 1.807) is 0 Å². The van der Waals surface area contributed by atoms with Crippen LogP contribution < -0.4 is 0 Å². The van der Waals surface area contributed by atoms with Crippen LogP contribution in [0.2, 0.25) is 0 Å². The molecule has 0 bridgehead atoms. The number of likely N-dealkylation sites (tertiary alicyclic amines) is 1. The fourth-order valence-electron chi connectivity index (χ4n) is 1.62.